The van der Waals surface area contributed by atoms with Crippen molar-refractivity contribution in [3.63, 3.8) is 0 Å². The molecule has 2 rings (SSSR count). The Hall–Kier alpha value is -0.810. The number of benzene rings is 1. The normalized spacial score (nSPS) is 17.6. The van der Waals surface area contributed by atoms with Gasteiger partial charge < -0.3 is 9.84 Å². The summed E-state index contributed by atoms with van der Waals surface area (Å²) >= 11 is 3.73. The highest BCUT2D eigenvalue weighted by atomic mass is 32.2. The number of carbonyl (C=O) groups is 1. The number of carboxylic acids is 1. The number of rotatable bonds is 6. The Balaban J connectivity index is 1.98. The van der Waals surface area contributed by atoms with Crippen LogP contribution in [0.25, 0.3) is 0 Å². The first-order valence-electron chi connectivity index (χ1n) is 6.70. The fourth-order valence-electron chi connectivity index (χ4n) is 2.35. The molecule has 1 heterocycles. The molecule has 1 aliphatic heterocycles. The summed E-state index contributed by atoms with van der Waals surface area (Å²) in [5, 5.41) is 9.16. The number of methoxy groups -OCH3 is 1. The van der Waals surface area contributed by atoms with Gasteiger partial charge in [0, 0.05) is 10.5 Å². The lowest BCUT2D eigenvalue weighted by molar-refractivity contribution is -0.137. The molecule has 110 valence electrons. The molecule has 1 aromatic carbocycles. The van der Waals surface area contributed by atoms with Gasteiger partial charge in [-0.3, -0.25) is 4.79 Å². The van der Waals surface area contributed by atoms with E-state index in [0.717, 1.165) is 35.8 Å². The lowest BCUT2D eigenvalue weighted by Crippen LogP contribution is -2.33. The number of hydrogen-bond donors (Lipinski definition) is 1. The summed E-state index contributed by atoms with van der Waals surface area (Å²) in [6.07, 6.45) is 2.25. The molecule has 5 heteroatoms. The lowest BCUT2D eigenvalue weighted by atomic mass is 9.98. The third-order valence-electron chi connectivity index (χ3n) is 3.58. The molecule has 0 atom stereocenters. The summed E-state index contributed by atoms with van der Waals surface area (Å²) in [4.78, 5) is 11.1. The maximum atomic E-state index is 11.1. The second-order valence-electron chi connectivity index (χ2n) is 5.00. The Bertz CT molecular complexity index is 439. The molecule has 3 nitrogen and oxygen atoms in total. The zero-order valence-electron chi connectivity index (χ0n) is 11.6. The zero-order valence-corrected chi connectivity index (χ0v) is 13.3. The van der Waals surface area contributed by atoms with Crippen LogP contribution in [0.2, 0.25) is 0 Å². The summed E-state index contributed by atoms with van der Waals surface area (Å²) in [5.74, 6) is 3.18. The van der Waals surface area contributed by atoms with Gasteiger partial charge in [-0.25, -0.2) is 0 Å². The van der Waals surface area contributed by atoms with E-state index in [1.54, 1.807) is 18.9 Å². The van der Waals surface area contributed by atoms with Crippen LogP contribution in [0, 0.1) is 0 Å². The molecule has 1 aromatic rings. The average molecular weight is 312 g/mol. The molecule has 1 aliphatic rings. The number of carboxylic acid groups (broad SMARTS) is 1. The quantitative estimate of drug-likeness (QED) is 0.868. The van der Waals surface area contributed by atoms with E-state index < -0.39 is 5.97 Å². The van der Waals surface area contributed by atoms with Gasteiger partial charge >= 0.3 is 5.97 Å². The minimum absolute atomic E-state index is 0.0863. The Morgan fingerprint density at radius 1 is 1.35 bits per heavy atom. The fraction of sp³-hybridized carbons (Fsp3) is 0.533. The first-order chi connectivity index (χ1) is 9.63. The van der Waals surface area contributed by atoms with E-state index in [9.17, 15) is 4.79 Å². The largest absolute Gasteiger partial charge is 0.497 e. The SMILES string of the molecule is COc1ccc(CSC2(CC(=O)O)CCSCC2)cc1. The standard InChI is InChI=1S/C15H20O3S2/c1-18-13-4-2-12(3-5-13)11-20-15(10-14(16)17)6-8-19-9-7-15/h2-5H,6-11H2,1H3,(H,16,17). The van der Waals surface area contributed by atoms with Crippen molar-refractivity contribution in [2.24, 2.45) is 0 Å². The van der Waals surface area contributed by atoms with Crippen LogP contribution in [0.15, 0.2) is 24.3 Å². The lowest BCUT2D eigenvalue weighted by Gasteiger charge is -2.35. The van der Waals surface area contributed by atoms with Gasteiger partial charge in [-0.05, 0) is 42.0 Å². The molecule has 0 unspecified atom stereocenters. The molecule has 0 aliphatic carbocycles. The van der Waals surface area contributed by atoms with Crippen LogP contribution in [0.3, 0.4) is 0 Å². The monoisotopic (exact) mass is 312 g/mol. The minimum Gasteiger partial charge on any atom is -0.497 e. The number of aliphatic carboxylic acids is 1. The second kappa shape index (κ2) is 7.27. The highest BCUT2D eigenvalue weighted by Crippen LogP contribution is 2.43. The Kier molecular flexibility index (Phi) is 5.66. The smallest absolute Gasteiger partial charge is 0.304 e. The topological polar surface area (TPSA) is 46.5 Å². The summed E-state index contributed by atoms with van der Waals surface area (Å²) in [7, 11) is 1.66. The Morgan fingerprint density at radius 3 is 2.55 bits per heavy atom. The van der Waals surface area contributed by atoms with E-state index >= 15 is 0 Å². The van der Waals surface area contributed by atoms with E-state index in [-0.39, 0.29) is 11.2 Å². The zero-order chi connectivity index (χ0) is 14.4. The Morgan fingerprint density at radius 2 is 2.00 bits per heavy atom. The Labute approximate surface area is 128 Å². The van der Waals surface area contributed by atoms with E-state index in [1.807, 2.05) is 23.9 Å². The molecule has 0 bridgehead atoms. The minimum atomic E-state index is -0.681. The van der Waals surface area contributed by atoms with Gasteiger partial charge in [0.15, 0.2) is 0 Å². The first-order valence-corrected chi connectivity index (χ1v) is 8.84. The molecular weight excluding hydrogens is 292 g/mol. The summed E-state index contributed by atoms with van der Waals surface area (Å²) in [5.41, 5.74) is 1.22. The molecule has 0 aromatic heterocycles. The van der Waals surface area contributed by atoms with Gasteiger partial charge in [0.25, 0.3) is 0 Å². The van der Waals surface area contributed by atoms with Crippen molar-refractivity contribution in [2.75, 3.05) is 18.6 Å². The van der Waals surface area contributed by atoms with Gasteiger partial charge in [-0.1, -0.05) is 12.1 Å². The highest BCUT2D eigenvalue weighted by molar-refractivity contribution is 8.01. The number of ether oxygens (including phenoxy) is 1. The van der Waals surface area contributed by atoms with Crippen LogP contribution in [-0.2, 0) is 10.5 Å². The number of hydrogen-bond acceptors (Lipinski definition) is 4. The summed E-state index contributed by atoms with van der Waals surface area (Å²) in [6, 6.07) is 8.02. The molecule has 20 heavy (non-hydrogen) atoms. The molecule has 0 amide bonds. The van der Waals surface area contributed by atoms with Crippen molar-refractivity contribution in [1.29, 1.82) is 0 Å². The van der Waals surface area contributed by atoms with Crippen molar-refractivity contribution in [2.45, 2.75) is 29.8 Å². The van der Waals surface area contributed by atoms with Gasteiger partial charge in [-0.15, -0.1) is 11.8 Å². The number of thioether (sulfide) groups is 2. The second-order valence-corrected chi connectivity index (χ2v) is 7.67. The van der Waals surface area contributed by atoms with Crippen LogP contribution < -0.4 is 4.74 Å². The van der Waals surface area contributed by atoms with Gasteiger partial charge in [0.1, 0.15) is 5.75 Å². The van der Waals surface area contributed by atoms with Crippen molar-refractivity contribution in [1.82, 2.24) is 0 Å². The van der Waals surface area contributed by atoms with Crippen LogP contribution in [0.4, 0.5) is 0 Å². The molecule has 0 radical (unpaired) electrons. The van der Waals surface area contributed by atoms with Crippen molar-refractivity contribution in [3.05, 3.63) is 29.8 Å². The maximum Gasteiger partial charge on any atom is 0.304 e. The predicted molar refractivity (Wildman–Crippen MR) is 85.8 cm³/mol. The van der Waals surface area contributed by atoms with Crippen LogP contribution in [-0.4, -0.2) is 34.4 Å². The molecule has 0 spiro atoms. The van der Waals surface area contributed by atoms with Crippen LogP contribution >= 0.6 is 23.5 Å². The maximum absolute atomic E-state index is 11.1. The van der Waals surface area contributed by atoms with Gasteiger partial charge in [0.05, 0.1) is 13.5 Å². The average Bonchev–Trinajstić information content (AvgIpc) is 2.46. The van der Waals surface area contributed by atoms with Gasteiger partial charge in [-0.2, -0.15) is 11.8 Å². The molecular formula is C15H20O3S2. The fourth-order valence-corrected chi connectivity index (χ4v) is 5.27. The van der Waals surface area contributed by atoms with Crippen molar-refractivity contribution >= 4 is 29.5 Å². The van der Waals surface area contributed by atoms with E-state index in [0.29, 0.717) is 0 Å². The molecule has 1 fully saturated rings. The molecule has 0 saturated carbocycles. The van der Waals surface area contributed by atoms with E-state index in [2.05, 4.69) is 12.1 Å². The van der Waals surface area contributed by atoms with Crippen LogP contribution in [0.5, 0.6) is 5.75 Å². The predicted octanol–water partition coefficient (Wildman–Crippen LogP) is 3.67. The molecule has 1 N–H and O–H groups in total. The highest BCUT2D eigenvalue weighted by Gasteiger charge is 2.35. The van der Waals surface area contributed by atoms with Crippen molar-refractivity contribution < 1.29 is 14.6 Å². The summed E-state index contributed by atoms with van der Waals surface area (Å²) < 4.78 is 5.06. The van der Waals surface area contributed by atoms with E-state index in [1.165, 1.54) is 5.56 Å². The van der Waals surface area contributed by atoms with E-state index in [4.69, 9.17) is 9.84 Å². The van der Waals surface area contributed by atoms with Crippen molar-refractivity contribution in [3.8, 4) is 5.75 Å². The van der Waals surface area contributed by atoms with Crippen LogP contribution in [0.1, 0.15) is 24.8 Å². The summed E-state index contributed by atoms with van der Waals surface area (Å²) in [6.45, 7) is 0. The third-order valence-corrected chi connectivity index (χ3v) is 6.21. The van der Waals surface area contributed by atoms with Gasteiger partial charge in [0.2, 0.25) is 0 Å². The third kappa shape index (κ3) is 4.35. The first kappa shape index (κ1) is 15.6. The molecule has 1 saturated heterocycles.